The third-order valence-corrected chi connectivity index (χ3v) is 2.56. The molecule has 1 N–H and O–H groups in total. The molecule has 0 saturated heterocycles. The normalized spacial score (nSPS) is 10.6. The van der Waals surface area contributed by atoms with Gasteiger partial charge in [0.15, 0.2) is 0 Å². The molecule has 0 atom stereocenters. The van der Waals surface area contributed by atoms with Crippen LogP contribution in [0.5, 0.6) is 0 Å². The predicted molar refractivity (Wildman–Crippen MR) is 62.6 cm³/mol. The molecular weight excluding hydrogens is 202 g/mol. The van der Waals surface area contributed by atoms with Crippen LogP contribution in [0.15, 0.2) is 24.3 Å². The molecule has 0 fully saturated rings. The van der Waals surface area contributed by atoms with Gasteiger partial charge in [0.1, 0.15) is 0 Å². The Morgan fingerprint density at radius 3 is 2.75 bits per heavy atom. The summed E-state index contributed by atoms with van der Waals surface area (Å²) in [7, 11) is 0. The molecule has 16 heavy (non-hydrogen) atoms. The summed E-state index contributed by atoms with van der Waals surface area (Å²) in [5.74, 6) is -0.816. The summed E-state index contributed by atoms with van der Waals surface area (Å²) in [6.45, 7) is 3.98. The van der Waals surface area contributed by atoms with Gasteiger partial charge in [-0.15, -0.1) is 0 Å². The largest absolute Gasteiger partial charge is 0.481 e. The van der Waals surface area contributed by atoms with Gasteiger partial charge in [-0.1, -0.05) is 12.1 Å². The van der Waals surface area contributed by atoms with Gasteiger partial charge in [0.25, 0.3) is 0 Å². The topological polar surface area (TPSA) is 50.2 Å². The molecule has 1 aromatic carbocycles. The van der Waals surface area contributed by atoms with Crippen LogP contribution in [0.25, 0.3) is 10.9 Å². The molecule has 0 saturated carbocycles. The zero-order valence-corrected chi connectivity index (χ0v) is 9.32. The molecule has 1 aromatic heterocycles. The Labute approximate surface area is 93.7 Å². The minimum atomic E-state index is -0.816. The third kappa shape index (κ3) is 2.03. The van der Waals surface area contributed by atoms with Gasteiger partial charge in [0.05, 0.1) is 11.9 Å². The lowest BCUT2D eigenvalue weighted by Gasteiger charge is -2.05. The Morgan fingerprint density at radius 2 is 2.06 bits per heavy atom. The maximum absolute atomic E-state index is 10.6. The van der Waals surface area contributed by atoms with Crippen LogP contribution in [0.3, 0.4) is 0 Å². The summed E-state index contributed by atoms with van der Waals surface area (Å²) < 4.78 is 0. The Hall–Kier alpha value is -1.90. The van der Waals surface area contributed by atoms with E-state index < -0.39 is 5.97 Å². The molecule has 0 aliphatic rings. The summed E-state index contributed by atoms with van der Waals surface area (Å²) in [5, 5.41) is 9.81. The average molecular weight is 215 g/mol. The van der Waals surface area contributed by atoms with Gasteiger partial charge in [0.2, 0.25) is 0 Å². The summed E-state index contributed by atoms with van der Waals surface area (Å²) in [6.07, 6.45) is 0.0462. The van der Waals surface area contributed by atoms with Crippen molar-refractivity contribution in [2.45, 2.75) is 20.3 Å². The number of aryl methyl sites for hydroxylation is 2. The minimum Gasteiger partial charge on any atom is -0.481 e. The first-order chi connectivity index (χ1) is 7.56. The fourth-order valence-corrected chi connectivity index (χ4v) is 1.90. The number of pyridine rings is 1. The van der Waals surface area contributed by atoms with Gasteiger partial charge in [0, 0.05) is 11.1 Å². The van der Waals surface area contributed by atoms with E-state index in [2.05, 4.69) is 4.98 Å². The molecule has 0 amide bonds. The number of carboxylic acids is 1. The van der Waals surface area contributed by atoms with E-state index in [4.69, 9.17) is 5.11 Å². The Balaban J connectivity index is 2.57. The molecule has 0 bridgehead atoms. The van der Waals surface area contributed by atoms with Gasteiger partial charge in [-0.2, -0.15) is 0 Å². The Morgan fingerprint density at radius 1 is 1.31 bits per heavy atom. The number of benzene rings is 1. The number of nitrogens with zero attached hydrogens (tertiary/aromatic N) is 1. The van der Waals surface area contributed by atoms with Crippen LogP contribution in [-0.2, 0) is 11.2 Å². The fourth-order valence-electron chi connectivity index (χ4n) is 1.90. The van der Waals surface area contributed by atoms with E-state index in [-0.39, 0.29) is 6.42 Å². The number of hydrogen-bond donors (Lipinski definition) is 1. The van der Waals surface area contributed by atoms with Crippen molar-refractivity contribution in [3.63, 3.8) is 0 Å². The molecule has 0 aliphatic carbocycles. The van der Waals surface area contributed by atoms with Gasteiger partial charge >= 0.3 is 5.97 Å². The van der Waals surface area contributed by atoms with Gasteiger partial charge in [-0.3, -0.25) is 9.78 Å². The highest BCUT2D eigenvalue weighted by atomic mass is 16.4. The highest BCUT2D eigenvalue weighted by Crippen LogP contribution is 2.19. The molecular formula is C13H13NO2. The SMILES string of the molecule is Cc1cc(C)c2ccc(CC(=O)O)cc2n1. The lowest BCUT2D eigenvalue weighted by atomic mass is 10.0. The molecule has 2 rings (SSSR count). The van der Waals surface area contributed by atoms with Crippen molar-refractivity contribution in [3.8, 4) is 0 Å². The standard InChI is InChI=1S/C13H13NO2/c1-8-5-9(2)14-12-6-10(7-13(15)16)3-4-11(8)12/h3-6H,7H2,1-2H3,(H,15,16). The van der Waals surface area contributed by atoms with Crippen LogP contribution in [-0.4, -0.2) is 16.1 Å². The smallest absolute Gasteiger partial charge is 0.307 e. The maximum atomic E-state index is 10.6. The molecule has 0 unspecified atom stereocenters. The van der Waals surface area contributed by atoms with E-state index in [1.165, 1.54) is 5.56 Å². The first-order valence-electron chi connectivity index (χ1n) is 5.15. The van der Waals surface area contributed by atoms with Crippen molar-refractivity contribution < 1.29 is 9.90 Å². The second-order valence-electron chi connectivity index (χ2n) is 4.00. The molecule has 0 radical (unpaired) electrons. The number of aromatic nitrogens is 1. The summed E-state index contributed by atoms with van der Waals surface area (Å²) in [5.41, 5.74) is 3.79. The highest BCUT2D eigenvalue weighted by Gasteiger charge is 2.04. The van der Waals surface area contributed by atoms with Crippen molar-refractivity contribution >= 4 is 16.9 Å². The Kier molecular flexibility index (Phi) is 2.60. The molecule has 82 valence electrons. The van der Waals surface area contributed by atoms with Crippen molar-refractivity contribution in [2.75, 3.05) is 0 Å². The molecule has 1 heterocycles. The van der Waals surface area contributed by atoms with Gasteiger partial charge in [-0.05, 0) is 37.1 Å². The van der Waals surface area contributed by atoms with E-state index in [0.29, 0.717) is 0 Å². The zero-order chi connectivity index (χ0) is 11.7. The predicted octanol–water partition coefficient (Wildman–Crippen LogP) is 2.48. The fraction of sp³-hybridized carbons (Fsp3) is 0.231. The van der Waals surface area contributed by atoms with Gasteiger partial charge in [-0.25, -0.2) is 0 Å². The van der Waals surface area contributed by atoms with E-state index >= 15 is 0 Å². The monoisotopic (exact) mass is 215 g/mol. The van der Waals surface area contributed by atoms with E-state index in [1.54, 1.807) is 0 Å². The summed E-state index contributed by atoms with van der Waals surface area (Å²) >= 11 is 0. The Bertz CT molecular complexity index is 561. The molecule has 3 heteroatoms. The molecule has 0 aliphatic heterocycles. The van der Waals surface area contributed by atoms with Crippen LogP contribution in [0.1, 0.15) is 16.8 Å². The number of fused-ring (bicyclic) bond motifs is 1. The number of rotatable bonds is 2. The van der Waals surface area contributed by atoms with Crippen molar-refractivity contribution in [3.05, 3.63) is 41.1 Å². The van der Waals surface area contributed by atoms with Crippen LogP contribution >= 0.6 is 0 Å². The minimum absolute atomic E-state index is 0.0462. The van der Waals surface area contributed by atoms with Crippen LogP contribution < -0.4 is 0 Å². The van der Waals surface area contributed by atoms with E-state index in [1.807, 2.05) is 38.1 Å². The third-order valence-electron chi connectivity index (χ3n) is 2.56. The lowest BCUT2D eigenvalue weighted by molar-refractivity contribution is -0.136. The zero-order valence-electron chi connectivity index (χ0n) is 9.32. The van der Waals surface area contributed by atoms with Gasteiger partial charge < -0.3 is 5.11 Å². The second-order valence-corrected chi connectivity index (χ2v) is 4.00. The van der Waals surface area contributed by atoms with Crippen LogP contribution in [0.4, 0.5) is 0 Å². The van der Waals surface area contributed by atoms with Crippen molar-refractivity contribution in [1.82, 2.24) is 4.98 Å². The molecule has 3 nitrogen and oxygen atoms in total. The highest BCUT2D eigenvalue weighted by molar-refractivity contribution is 5.84. The number of carbonyl (C=O) groups is 1. The number of aliphatic carboxylic acids is 1. The van der Waals surface area contributed by atoms with Crippen molar-refractivity contribution in [1.29, 1.82) is 0 Å². The maximum Gasteiger partial charge on any atom is 0.307 e. The van der Waals surface area contributed by atoms with Crippen molar-refractivity contribution in [2.24, 2.45) is 0 Å². The summed E-state index contributed by atoms with van der Waals surface area (Å²) in [6, 6.07) is 7.67. The number of hydrogen-bond acceptors (Lipinski definition) is 2. The van der Waals surface area contributed by atoms with E-state index in [9.17, 15) is 4.79 Å². The molecule has 2 aromatic rings. The average Bonchev–Trinajstić information content (AvgIpc) is 2.15. The first kappa shape index (κ1) is 10.6. The van der Waals surface area contributed by atoms with Crippen LogP contribution in [0, 0.1) is 13.8 Å². The van der Waals surface area contributed by atoms with E-state index in [0.717, 1.165) is 22.2 Å². The molecule has 0 spiro atoms. The number of carboxylic acid groups (broad SMARTS) is 1. The summed E-state index contributed by atoms with van der Waals surface area (Å²) in [4.78, 5) is 15.0. The second kappa shape index (κ2) is 3.93. The lowest BCUT2D eigenvalue weighted by Crippen LogP contribution is -2.00. The quantitative estimate of drug-likeness (QED) is 0.837. The van der Waals surface area contributed by atoms with Crippen LogP contribution in [0.2, 0.25) is 0 Å². The first-order valence-corrected chi connectivity index (χ1v) is 5.15.